The molecule has 0 aliphatic rings. The second-order valence-corrected chi connectivity index (χ2v) is 10.9. The third-order valence-electron chi connectivity index (χ3n) is 6.88. The van der Waals surface area contributed by atoms with Gasteiger partial charge in [-0.05, 0) is 67.3 Å². The van der Waals surface area contributed by atoms with E-state index in [0.717, 1.165) is 33.8 Å². The predicted octanol–water partition coefficient (Wildman–Crippen LogP) is 6.23. The van der Waals surface area contributed by atoms with Gasteiger partial charge in [-0.2, -0.15) is 10.1 Å². The van der Waals surface area contributed by atoms with E-state index >= 15 is 0 Å². The lowest BCUT2D eigenvalue weighted by Gasteiger charge is -2.31. The van der Waals surface area contributed by atoms with E-state index in [1.165, 1.54) is 12.1 Å². The summed E-state index contributed by atoms with van der Waals surface area (Å²) in [6, 6.07) is 16.4. The Hall–Kier alpha value is -4.66. The van der Waals surface area contributed by atoms with Gasteiger partial charge in [-0.15, -0.1) is 5.10 Å². The van der Waals surface area contributed by atoms with Crippen LogP contribution in [0.2, 0.25) is 0 Å². The quantitative estimate of drug-likeness (QED) is 0.269. The first kappa shape index (κ1) is 24.7. The normalized spacial score (nSPS) is 12.8. The van der Waals surface area contributed by atoms with Gasteiger partial charge in [0.2, 0.25) is 0 Å². The lowest BCUT2D eigenvalue weighted by molar-refractivity contribution is 0.265. The fourth-order valence-electron chi connectivity index (χ4n) is 5.05. The largest absolute Gasteiger partial charge is 0.286 e. The van der Waals surface area contributed by atoms with Crippen molar-refractivity contribution in [3.05, 3.63) is 102 Å². The maximum absolute atomic E-state index is 13.6. The average molecular weight is 521 g/mol. The van der Waals surface area contributed by atoms with Gasteiger partial charge in [-0.3, -0.25) is 9.25 Å². The lowest BCUT2D eigenvalue weighted by Crippen LogP contribution is -2.26. The van der Waals surface area contributed by atoms with Crippen LogP contribution in [-0.2, 0) is 0 Å². The number of aromatic nitrogens is 8. The number of hydrogen-bond acceptors (Lipinski definition) is 5. The van der Waals surface area contributed by atoms with Gasteiger partial charge in [0.1, 0.15) is 5.82 Å². The highest BCUT2D eigenvalue weighted by Crippen LogP contribution is 2.37. The van der Waals surface area contributed by atoms with Crippen LogP contribution < -0.4 is 0 Å². The molecule has 0 spiro atoms. The second-order valence-electron chi connectivity index (χ2n) is 10.9. The van der Waals surface area contributed by atoms with E-state index in [-0.39, 0.29) is 17.3 Å². The third-order valence-corrected chi connectivity index (χ3v) is 6.88. The van der Waals surface area contributed by atoms with Gasteiger partial charge in [-0.1, -0.05) is 32.9 Å². The number of nitrogens with zero attached hydrogens (tertiary/aromatic N) is 8. The molecule has 1 atom stereocenters. The molecule has 0 radical (unpaired) electrons. The van der Waals surface area contributed by atoms with Gasteiger partial charge in [0.25, 0.3) is 5.95 Å². The molecule has 39 heavy (non-hydrogen) atoms. The molecule has 1 aromatic carbocycles. The Morgan fingerprint density at radius 3 is 2.33 bits per heavy atom. The van der Waals surface area contributed by atoms with Crippen LogP contribution >= 0.6 is 0 Å². The first-order chi connectivity index (χ1) is 18.7. The molecule has 5 heterocycles. The summed E-state index contributed by atoms with van der Waals surface area (Å²) in [6.07, 6.45) is 7.42. The summed E-state index contributed by atoms with van der Waals surface area (Å²) < 4.78 is 19.3. The zero-order chi connectivity index (χ0) is 27.3. The summed E-state index contributed by atoms with van der Waals surface area (Å²) in [7, 11) is 0. The summed E-state index contributed by atoms with van der Waals surface area (Å²) >= 11 is 0. The van der Waals surface area contributed by atoms with Gasteiger partial charge in [0.05, 0.1) is 17.9 Å². The Bertz CT molecular complexity index is 1770. The van der Waals surface area contributed by atoms with Crippen molar-refractivity contribution in [1.82, 2.24) is 38.9 Å². The van der Waals surface area contributed by atoms with Crippen LogP contribution in [0.25, 0.3) is 34.2 Å². The van der Waals surface area contributed by atoms with Crippen molar-refractivity contribution in [2.75, 3.05) is 0 Å². The number of aryl methyl sites for hydroxylation is 2. The number of hydrogen-bond donors (Lipinski definition) is 0. The number of pyridine rings is 1. The maximum Gasteiger partial charge on any atom is 0.254 e. The van der Waals surface area contributed by atoms with Gasteiger partial charge < -0.3 is 0 Å². The molecule has 0 saturated heterocycles. The molecular weight excluding hydrogens is 491 g/mol. The first-order valence-corrected chi connectivity index (χ1v) is 12.8. The molecule has 0 bridgehead atoms. The van der Waals surface area contributed by atoms with E-state index < -0.39 is 0 Å². The molecule has 0 saturated carbocycles. The molecule has 6 rings (SSSR count). The smallest absolute Gasteiger partial charge is 0.254 e. The first-order valence-electron chi connectivity index (χ1n) is 12.8. The fourth-order valence-corrected chi connectivity index (χ4v) is 5.05. The average Bonchev–Trinajstić information content (AvgIpc) is 3.63. The number of fused-ring (bicyclic) bond motifs is 1. The molecule has 0 N–H and O–H groups in total. The van der Waals surface area contributed by atoms with Crippen LogP contribution in [-0.4, -0.2) is 38.9 Å². The Morgan fingerprint density at radius 1 is 0.872 bits per heavy atom. The molecule has 196 valence electrons. The molecule has 6 aromatic rings. The van der Waals surface area contributed by atoms with E-state index in [1.54, 1.807) is 10.7 Å². The molecule has 8 nitrogen and oxygen atoms in total. The van der Waals surface area contributed by atoms with Crippen molar-refractivity contribution in [2.24, 2.45) is 5.41 Å². The highest BCUT2D eigenvalue weighted by molar-refractivity contribution is 5.65. The molecule has 9 heteroatoms. The molecule has 0 aliphatic heterocycles. The molecule has 0 aliphatic carbocycles. The van der Waals surface area contributed by atoms with Gasteiger partial charge in [0.15, 0.2) is 11.5 Å². The topological polar surface area (TPSA) is 78.7 Å². The second kappa shape index (κ2) is 9.27. The standard InChI is InChI=1S/C30H29FN8/c1-19-6-7-20(2)39(19)29-35-26-16-22(13-15-37(26)36-29)28-32-14-12-25(34-28)23-17-33-38(18-23)27(30(3,4)5)21-8-10-24(31)11-9-21/h6-18,27H,1-5H3. The van der Waals surface area contributed by atoms with Crippen LogP contribution in [0.4, 0.5) is 4.39 Å². The van der Waals surface area contributed by atoms with E-state index in [1.807, 2.05) is 72.0 Å². The SMILES string of the molecule is Cc1ccc(C)n1-c1nc2cc(-c3nccc(-c4cnn(C(c5ccc(F)cc5)C(C)(C)C)c4)n3)ccn2n1. The summed E-state index contributed by atoms with van der Waals surface area (Å²) in [6.45, 7) is 10.5. The Morgan fingerprint density at radius 2 is 1.62 bits per heavy atom. The molecule has 1 unspecified atom stereocenters. The number of halogens is 1. The number of rotatable bonds is 5. The van der Waals surface area contributed by atoms with Crippen molar-refractivity contribution >= 4 is 5.65 Å². The predicted molar refractivity (Wildman–Crippen MR) is 148 cm³/mol. The highest BCUT2D eigenvalue weighted by Gasteiger charge is 2.29. The van der Waals surface area contributed by atoms with Crippen LogP contribution in [0.15, 0.2) is 79.4 Å². The molecule has 5 aromatic heterocycles. The van der Waals surface area contributed by atoms with Gasteiger partial charge in [0, 0.05) is 41.1 Å². The third kappa shape index (κ3) is 4.60. The Balaban J connectivity index is 1.33. The van der Waals surface area contributed by atoms with Crippen molar-refractivity contribution in [3.63, 3.8) is 0 Å². The van der Waals surface area contributed by atoms with Crippen LogP contribution in [0, 0.1) is 25.1 Å². The number of benzene rings is 1. The summed E-state index contributed by atoms with van der Waals surface area (Å²) in [5.74, 6) is 0.965. The van der Waals surface area contributed by atoms with E-state index in [9.17, 15) is 4.39 Å². The molecule has 0 fully saturated rings. The lowest BCUT2D eigenvalue weighted by atomic mass is 9.82. The monoisotopic (exact) mass is 520 g/mol. The minimum absolute atomic E-state index is 0.0785. The fraction of sp³-hybridized carbons (Fsp3) is 0.233. The van der Waals surface area contributed by atoms with Gasteiger partial charge in [-0.25, -0.2) is 18.9 Å². The van der Waals surface area contributed by atoms with Crippen molar-refractivity contribution < 1.29 is 4.39 Å². The minimum atomic E-state index is -0.253. The Kier molecular flexibility index (Phi) is 5.86. The Labute approximate surface area is 225 Å². The van der Waals surface area contributed by atoms with Crippen molar-refractivity contribution in [2.45, 2.75) is 40.7 Å². The maximum atomic E-state index is 13.6. The van der Waals surface area contributed by atoms with E-state index in [4.69, 9.17) is 9.97 Å². The molecule has 0 amide bonds. The summed E-state index contributed by atoms with van der Waals surface area (Å²) in [5.41, 5.74) is 6.19. The van der Waals surface area contributed by atoms with Crippen molar-refractivity contribution in [3.8, 4) is 28.6 Å². The van der Waals surface area contributed by atoms with E-state index in [2.05, 4.69) is 48.1 Å². The van der Waals surface area contributed by atoms with E-state index in [0.29, 0.717) is 17.4 Å². The van der Waals surface area contributed by atoms with Crippen LogP contribution in [0.1, 0.15) is 43.8 Å². The van der Waals surface area contributed by atoms with Crippen molar-refractivity contribution in [1.29, 1.82) is 0 Å². The zero-order valence-corrected chi connectivity index (χ0v) is 22.5. The molecular formula is C30H29FN8. The van der Waals surface area contributed by atoms with Gasteiger partial charge >= 0.3 is 0 Å². The van der Waals surface area contributed by atoms with Crippen LogP contribution in [0.5, 0.6) is 0 Å². The highest BCUT2D eigenvalue weighted by atomic mass is 19.1. The summed E-state index contributed by atoms with van der Waals surface area (Å²) in [5, 5.41) is 9.32. The zero-order valence-electron chi connectivity index (χ0n) is 22.5. The summed E-state index contributed by atoms with van der Waals surface area (Å²) in [4.78, 5) is 14.1. The van der Waals surface area contributed by atoms with Crippen LogP contribution in [0.3, 0.4) is 0 Å². The minimum Gasteiger partial charge on any atom is -0.286 e.